The van der Waals surface area contributed by atoms with Gasteiger partial charge in [0.05, 0.1) is 13.2 Å². The molecular weight excluding hydrogens is 387 g/mol. The van der Waals surface area contributed by atoms with Crippen molar-refractivity contribution >= 4 is 6.09 Å². The molecule has 1 saturated heterocycles. The predicted molar refractivity (Wildman–Crippen MR) is 101 cm³/mol. The number of hydrogen-bond donors (Lipinski definition) is 0. The number of rotatable bonds is 4. The van der Waals surface area contributed by atoms with E-state index in [1.165, 1.54) is 13.2 Å². The second-order valence-electron chi connectivity index (χ2n) is 8.67. The minimum Gasteiger partial charge on any atom is -0.496 e. The van der Waals surface area contributed by atoms with Gasteiger partial charge in [0.1, 0.15) is 22.7 Å². The van der Waals surface area contributed by atoms with Crippen LogP contribution in [0.15, 0.2) is 12.1 Å². The first kappa shape index (κ1) is 21.6. The molecule has 3 rings (SSSR count). The molecule has 0 spiro atoms. The number of ether oxygens (including phenoxy) is 3. The Morgan fingerprint density at radius 3 is 2.34 bits per heavy atom. The molecule has 1 amide bonds. The fourth-order valence-electron chi connectivity index (χ4n) is 3.48. The highest BCUT2D eigenvalue weighted by Crippen LogP contribution is 2.45. The van der Waals surface area contributed by atoms with Crippen molar-refractivity contribution in [3.8, 4) is 11.5 Å². The van der Waals surface area contributed by atoms with Crippen LogP contribution in [0.5, 0.6) is 11.5 Å². The van der Waals surface area contributed by atoms with Crippen molar-refractivity contribution in [3.05, 3.63) is 23.3 Å². The van der Waals surface area contributed by atoms with Crippen molar-refractivity contribution in [1.82, 2.24) is 4.90 Å². The van der Waals surface area contributed by atoms with Crippen molar-refractivity contribution < 1.29 is 32.2 Å². The highest BCUT2D eigenvalue weighted by Gasteiger charge is 2.38. The molecule has 0 bridgehead atoms. The number of alkyl halides is 3. The van der Waals surface area contributed by atoms with Crippen LogP contribution < -0.4 is 9.47 Å². The Balaban J connectivity index is 1.90. The van der Waals surface area contributed by atoms with E-state index in [0.29, 0.717) is 18.7 Å². The summed E-state index contributed by atoms with van der Waals surface area (Å²) in [5.74, 6) is -0.150. The van der Waals surface area contributed by atoms with Crippen LogP contribution in [-0.4, -0.2) is 42.9 Å². The highest BCUT2D eigenvalue weighted by molar-refractivity contribution is 5.68. The first-order valence-corrected chi connectivity index (χ1v) is 9.91. The van der Waals surface area contributed by atoms with E-state index in [0.717, 1.165) is 31.7 Å². The van der Waals surface area contributed by atoms with Crippen molar-refractivity contribution in [1.29, 1.82) is 0 Å². The second-order valence-corrected chi connectivity index (χ2v) is 8.67. The Kier molecular flexibility index (Phi) is 5.92. The lowest BCUT2D eigenvalue weighted by molar-refractivity contribution is -0.138. The maximum atomic E-state index is 13.5. The van der Waals surface area contributed by atoms with Gasteiger partial charge >= 0.3 is 12.3 Å². The number of likely N-dealkylation sites (tertiary alicyclic amines) is 1. The van der Waals surface area contributed by atoms with Crippen LogP contribution in [0.1, 0.15) is 63.5 Å². The zero-order chi connectivity index (χ0) is 21.4. The van der Waals surface area contributed by atoms with Crippen molar-refractivity contribution in [2.24, 2.45) is 0 Å². The highest BCUT2D eigenvalue weighted by atomic mass is 19.4. The first-order chi connectivity index (χ1) is 13.5. The normalized spacial score (nSPS) is 20.4. The van der Waals surface area contributed by atoms with Gasteiger partial charge < -0.3 is 19.1 Å². The first-order valence-electron chi connectivity index (χ1n) is 9.91. The topological polar surface area (TPSA) is 48.0 Å². The number of hydrogen-bond acceptors (Lipinski definition) is 4. The van der Waals surface area contributed by atoms with Crippen LogP contribution in [0.2, 0.25) is 0 Å². The molecule has 0 N–H and O–H groups in total. The van der Waals surface area contributed by atoms with Gasteiger partial charge in [-0.1, -0.05) is 0 Å². The molecule has 1 aromatic carbocycles. The molecule has 0 aromatic heterocycles. The molecule has 2 fully saturated rings. The minimum absolute atomic E-state index is 0.0474. The maximum Gasteiger partial charge on any atom is 0.420 e. The maximum absolute atomic E-state index is 13.5. The van der Waals surface area contributed by atoms with E-state index in [9.17, 15) is 18.0 Å². The SMILES string of the molecule is COc1cc(C2CCCN(C(=O)OC(C)(C)C)C2)c(OC2CC2)cc1C(F)(F)F. The number of amides is 1. The number of methoxy groups -OCH3 is 1. The summed E-state index contributed by atoms with van der Waals surface area (Å²) in [6, 6.07) is 2.46. The van der Waals surface area contributed by atoms with Crippen LogP contribution in [0.3, 0.4) is 0 Å². The number of piperidine rings is 1. The van der Waals surface area contributed by atoms with Crippen LogP contribution in [0.25, 0.3) is 0 Å². The average molecular weight is 415 g/mol. The summed E-state index contributed by atoms with van der Waals surface area (Å²) < 4.78 is 56.7. The third-order valence-electron chi connectivity index (χ3n) is 4.97. The summed E-state index contributed by atoms with van der Waals surface area (Å²) in [5, 5.41) is 0. The summed E-state index contributed by atoms with van der Waals surface area (Å²) in [6.07, 6.45) is -1.85. The quantitative estimate of drug-likeness (QED) is 0.663. The lowest BCUT2D eigenvalue weighted by Crippen LogP contribution is -2.42. The molecule has 162 valence electrons. The summed E-state index contributed by atoms with van der Waals surface area (Å²) >= 11 is 0. The zero-order valence-corrected chi connectivity index (χ0v) is 17.3. The number of benzene rings is 1. The van der Waals surface area contributed by atoms with E-state index in [1.807, 2.05) is 0 Å². The standard InChI is InChI=1S/C21H28F3NO4/c1-20(2,3)29-19(26)25-9-5-6-13(12-25)15-10-18(27-4)16(21(22,23)24)11-17(15)28-14-7-8-14/h10-11,13-14H,5-9,12H2,1-4H3. The average Bonchev–Trinajstić information content (AvgIpc) is 3.43. The smallest absolute Gasteiger partial charge is 0.420 e. The Morgan fingerprint density at radius 1 is 1.10 bits per heavy atom. The van der Waals surface area contributed by atoms with Crippen LogP contribution >= 0.6 is 0 Å². The van der Waals surface area contributed by atoms with Gasteiger partial charge in [0.25, 0.3) is 0 Å². The van der Waals surface area contributed by atoms with Crippen molar-refractivity contribution in [3.63, 3.8) is 0 Å². The molecular formula is C21H28F3NO4. The molecule has 1 aliphatic heterocycles. The van der Waals surface area contributed by atoms with Crippen LogP contribution in [0, 0.1) is 0 Å². The second kappa shape index (κ2) is 7.95. The molecule has 0 radical (unpaired) electrons. The van der Waals surface area contributed by atoms with Gasteiger partial charge in [0, 0.05) is 24.6 Å². The summed E-state index contributed by atoms with van der Waals surface area (Å²) in [6.45, 7) is 6.32. The largest absolute Gasteiger partial charge is 0.496 e. The van der Waals surface area contributed by atoms with Crippen LogP contribution in [0.4, 0.5) is 18.0 Å². The molecule has 1 heterocycles. The Morgan fingerprint density at radius 2 is 1.79 bits per heavy atom. The van der Waals surface area contributed by atoms with E-state index >= 15 is 0 Å². The predicted octanol–water partition coefficient (Wildman–Crippen LogP) is 5.37. The van der Waals surface area contributed by atoms with E-state index < -0.39 is 23.4 Å². The molecule has 29 heavy (non-hydrogen) atoms. The lowest BCUT2D eigenvalue weighted by Gasteiger charge is -2.35. The Hall–Kier alpha value is -2.12. The molecule has 5 nitrogen and oxygen atoms in total. The Labute approximate surface area is 169 Å². The van der Waals surface area contributed by atoms with E-state index in [-0.39, 0.29) is 23.5 Å². The van der Waals surface area contributed by atoms with E-state index in [2.05, 4.69) is 0 Å². The summed E-state index contributed by atoms with van der Waals surface area (Å²) in [4.78, 5) is 14.1. The van der Waals surface area contributed by atoms with Crippen molar-refractivity contribution in [2.45, 2.75) is 70.3 Å². The number of nitrogens with zero attached hydrogens (tertiary/aromatic N) is 1. The Bertz CT molecular complexity index is 754. The molecule has 1 atom stereocenters. The molecule has 8 heteroatoms. The fraction of sp³-hybridized carbons (Fsp3) is 0.667. The van der Waals surface area contributed by atoms with Crippen molar-refractivity contribution in [2.75, 3.05) is 20.2 Å². The van der Waals surface area contributed by atoms with E-state index in [1.54, 1.807) is 25.7 Å². The van der Waals surface area contributed by atoms with Crippen LogP contribution in [-0.2, 0) is 10.9 Å². The fourth-order valence-corrected chi connectivity index (χ4v) is 3.48. The third kappa shape index (κ3) is 5.48. The summed E-state index contributed by atoms with van der Waals surface area (Å²) in [7, 11) is 1.23. The lowest BCUT2D eigenvalue weighted by atomic mass is 9.89. The monoisotopic (exact) mass is 415 g/mol. The zero-order valence-electron chi connectivity index (χ0n) is 17.3. The summed E-state index contributed by atoms with van der Waals surface area (Å²) in [5.41, 5.74) is -0.809. The third-order valence-corrected chi connectivity index (χ3v) is 4.97. The van der Waals surface area contributed by atoms with Gasteiger partial charge in [-0.2, -0.15) is 13.2 Å². The molecule has 2 aliphatic rings. The van der Waals surface area contributed by atoms with Gasteiger partial charge in [-0.3, -0.25) is 0 Å². The number of carbonyl (C=O) groups excluding carboxylic acids is 1. The van der Waals surface area contributed by atoms with Gasteiger partial charge in [-0.25, -0.2) is 4.79 Å². The van der Waals surface area contributed by atoms with Gasteiger partial charge in [0.2, 0.25) is 0 Å². The van der Waals surface area contributed by atoms with Gasteiger partial charge in [0.15, 0.2) is 0 Å². The van der Waals surface area contributed by atoms with Gasteiger partial charge in [-0.15, -0.1) is 0 Å². The number of carbonyl (C=O) groups is 1. The molecule has 1 saturated carbocycles. The molecule has 1 unspecified atom stereocenters. The minimum atomic E-state index is -4.54. The molecule has 1 aromatic rings. The molecule has 1 aliphatic carbocycles. The number of halogens is 3. The van der Waals surface area contributed by atoms with Gasteiger partial charge in [-0.05, 0) is 58.6 Å². The van der Waals surface area contributed by atoms with E-state index in [4.69, 9.17) is 14.2 Å².